The molecular weight excluding hydrogens is 787 g/mol. The van der Waals surface area contributed by atoms with Gasteiger partial charge >= 0.3 is 0 Å². The highest BCUT2D eigenvalue weighted by Crippen LogP contribution is 2.46. The van der Waals surface area contributed by atoms with Crippen LogP contribution in [0.15, 0.2) is 212 Å². The Hall–Kier alpha value is -8.19. The normalized spacial score (nSPS) is 12.9. The van der Waals surface area contributed by atoms with Crippen LogP contribution in [0.25, 0.3) is 120 Å². The minimum absolute atomic E-state index is 0.0185. The zero-order valence-corrected chi connectivity index (χ0v) is 34.3. The van der Waals surface area contributed by atoms with Crippen LogP contribution < -0.4 is 0 Å². The lowest BCUT2D eigenvalue weighted by Crippen LogP contribution is -2.02. The second-order valence-corrected chi connectivity index (χ2v) is 16.6. The fourth-order valence-corrected chi connectivity index (χ4v) is 10.6. The molecule has 0 fully saturated rings. The van der Waals surface area contributed by atoms with Crippen LogP contribution in [-0.2, 0) is 0 Å². The molecule has 4 heterocycles. The van der Waals surface area contributed by atoms with Gasteiger partial charge in [0.1, 0.15) is 0 Å². The second-order valence-electron chi connectivity index (χ2n) is 15.6. The van der Waals surface area contributed by atoms with Crippen LogP contribution in [0.1, 0.15) is 6.85 Å². The summed E-state index contributed by atoms with van der Waals surface area (Å²) in [6.07, 6.45) is 0. The van der Waals surface area contributed by atoms with E-state index in [1.165, 1.54) is 0 Å². The van der Waals surface area contributed by atoms with Gasteiger partial charge in [0.2, 0.25) is 0 Å². The van der Waals surface area contributed by atoms with Gasteiger partial charge in [0.15, 0.2) is 17.5 Å². The lowest BCUT2D eigenvalue weighted by atomic mass is 10.0. The summed E-state index contributed by atoms with van der Waals surface area (Å²) in [5, 5.41) is 6.66. The van der Waals surface area contributed by atoms with Crippen molar-refractivity contribution in [3.8, 4) is 56.7 Å². The molecule has 0 aliphatic rings. The highest BCUT2D eigenvalue weighted by molar-refractivity contribution is 7.26. The average molecular weight is 827 g/mol. The van der Waals surface area contributed by atoms with Crippen LogP contribution in [0.2, 0.25) is 0 Å². The van der Waals surface area contributed by atoms with Crippen LogP contribution >= 0.6 is 11.3 Å². The molecule has 0 aliphatic carbocycles. The summed E-state index contributed by atoms with van der Waals surface area (Å²) in [7, 11) is 0. The Morgan fingerprint density at radius 1 is 0.349 bits per heavy atom. The van der Waals surface area contributed by atoms with Gasteiger partial charge in [-0.1, -0.05) is 152 Å². The molecule has 0 saturated carbocycles. The number of nitrogens with zero attached hydrogens (tertiary/aromatic N) is 5. The number of aromatic nitrogens is 5. The molecule has 0 N–H and O–H groups in total. The van der Waals surface area contributed by atoms with Crippen molar-refractivity contribution in [1.82, 2.24) is 24.1 Å². The van der Waals surface area contributed by atoms with E-state index in [0.717, 1.165) is 91.8 Å². The minimum Gasteiger partial charge on any atom is -0.309 e. The number of benzene rings is 9. The van der Waals surface area contributed by atoms with E-state index in [-0.39, 0.29) is 23.5 Å². The molecule has 9 aromatic carbocycles. The van der Waals surface area contributed by atoms with Gasteiger partial charge in [0.05, 0.1) is 28.9 Å². The zero-order chi connectivity index (χ0) is 45.8. The fraction of sp³-hybridized carbons (Fsp3) is 0. The van der Waals surface area contributed by atoms with Gasteiger partial charge in [0.25, 0.3) is 0 Å². The molecule has 63 heavy (non-hydrogen) atoms. The topological polar surface area (TPSA) is 48.5 Å². The average Bonchev–Trinajstić information content (AvgIpc) is 4.05. The summed E-state index contributed by atoms with van der Waals surface area (Å²) in [5.41, 5.74) is 9.60. The summed E-state index contributed by atoms with van der Waals surface area (Å²) in [6, 6.07) is 60.5. The van der Waals surface area contributed by atoms with E-state index in [9.17, 15) is 0 Å². The first-order valence-electron chi connectivity index (χ1n) is 23.3. The maximum atomic E-state index is 9.08. The fourth-order valence-electron chi connectivity index (χ4n) is 9.29. The smallest absolute Gasteiger partial charge is 0.165 e. The van der Waals surface area contributed by atoms with Gasteiger partial charge in [-0.3, -0.25) is 0 Å². The highest BCUT2D eigenvalue weighted by atomic mass is 32.1. The number of hydrogen-bond donors (Lipinski definition) is 0. The summed E-state index contributed by atoms with van der Waals surface area (Å²) < 4.78 is 50.4. The van der Waals surface area contributed by atoms with Crippen molar-refractivity contribution < 1.29 is 6.85 Å². The molecule has 0 radical (unpaired) electrons. The van der Waals surface area contributed by atoms with Crippen LogP contribution in [0.4, 0.5) is 0 Å². The standard InChI is InChI=1S/C57H35N5S/c1-3-16-36(17-4-1)41-24-15-25-46-47-34-40(62-51-28-13-9-22-44(51)45-23-10-14-29-52(45)62)35-48(54(47)63-53(41)46)57-59-55(37-18-5-2-6-19-37)58-56(60-57)38-30-32-39(33-31-38)61-49-26-11-7-20-42(49)43-21-8-12-27-50(43)61/h1-35H/i2D,5D,6D,18D,19D. The first kappa shape index (κ1) is 30.8. The van der Waals surface area contributed by atoms with Crippen LogP contribution in [0.3, 0.4) is 0 Å². The van der Waals surface area contributed by atoms with Crippen LogP contribution in [-0.4, -0.2) is 24.1 Å². The number of hydrogen-bond acceptors (Lipinski definition) is 4. The van der Waals surface area contributed by atoms with Gasteiger partial charge in [-0.05, 0) is 71.8 Å². The largest absolute Gasteiger partial charge is 0.309 e. The van der Waals surface area contributed by atoms with Crippen molar-refractivity contribution in [2.45, 2.75) is 0 Å². The highest BCUT2D eigenvalue weighted by Gasteiger charge is 2.22. The van der Waals surface area contributed by atoms with Crippen LogP contribution in [0, 0.1) is 0 Å². The Morgan fingerprint density at radius 3 is 1.44 bits per heavy atom. The van der Waals surface area contributed by atoms with Crippen molar-refractivity contribution in [1.29, 1.82) is 0 Å². The molecule has 0 aliphatic heterocycles. The van der Waals surface area contributed by atoms with Crippen molar-refractivity contribution in [2.24, 2.45) is 0 Å². The Morgan fingerprint density at radius 2 is 0.841 bits per heavy atom. The third-order valence-electron chi connectivity index (χ3n) is 12.1. The molecule has 6 heteroatoms. The molecule has 5 nitrogen and oxygen atoms in total. The zero-order valence-electron chi connectivity index (χ0n) is 38.5. The molecule has 0 atom stereocenters. The van der Waals surface area contributed by atoms with Crippen molar-refractivity contribution >= 4 is 75.1 Å². The van der Waals surface area contributed by atoms with Crippen LogP contribution in [0.5, 0.6) is 0 Å². The molecule has 0 spiro atoms. The lowest BCUT2D eigenvalue weighted by molar-refractivity contribution is 1.07. The van der Waals surface area contributed by atoms with Gasteiger partial charge in [-0.25, -0.2) is 15.0 Å². The van der Waals surface area contributed by atoms with E-state index in [1.54, 1.807) is 11.3 Å². The molecule has 0 saturated heterocycles. The number of para-hydroxylation sites is 4. The van der Waals surface area contributed by atoms with Crippen molar-refractivity contribution in [3.05, 3.63) is 212 Å². The Kier molecular flexibility index (Phi) is 6.94. The van der Waals surface area contributed by atoms with E-state index in [4.69, 9.17) is 21.8 Å². The molecular formula is C57H35N5S. The predicted molar refractivity (Wildman–Crippen MR) is 263 cm³/mol. The molecule has 294 valence electrons. The summed E-state index contributed by atoms with van der Waals surface area (Å²) in [4.78, 5) is 15.3. The number of fused-ring (bicyclic) bond motifs is 9. The third kappa shape index (κ3) is 5.66. The molecule has 0 bridgehead atoms. The first-order valence-corrected chi connectivity index (χ1v) is 21.6. The van der Waals surface area contributed by atoms with Gasteiger partial charge < -0.3 is 9.13 Å². The summed E-state index contributed by atoms with van der Waals surface area (Å²) in [5.74, 6) is 0.589. The SMILES string of the molecule is [2H]c1c([2H])c([2H])c(-c2nc(-c3ccc(-n4c5ccccc5c5ccccc54)cc3)nc(-c3cc(-n4c5ccccc5c5ccccc54)cc4c3sc3c(-c5ccccc5)cccc34)n2)c([2H])c1[2H]. The number of rotatable bonds is 6. The van der Waals surface area contributed by atoms with Gasteiger partial charge in [-0.15, -0.1) is 11.3 Å². The second kappa shape index (κ2) is 14.2. The predicted octanol–water partition coefficient (Wildman–Crippen LogP) is 15.1. The quantitative estimate of drug-likeness (QED) is 0.168. The number of thiophene rings is 1. The first-order chi connectivity index (χ1) is 33.3. The molecule has 0 amide bonds. The van der Waals surface area contributed by atoms with Crippen molar-refractivity contribution in [2.75, 3.05) is 0 Å². The van der Waals surface area contributed by atoms with E-state index in [0.29, 0.717) is 17.2 Å². The lowest BCUT2D eigenvalue weighted by Gasteiger charge is -2.13. The molecule has 0 unspecified atom stereocenters. The third-order valence-corrected chi connectivity index (χ3v) is 13.4. The Balaban J connectivity index is 1.10. The Labute approximate surface area is 373 Å². The van der Waals surface area contributed by atoms with Gasteiger partial charge in [-0.2, -0.15) is 0 Å². The Bertz CT molecular complexity index is 4080. The maximum absolute atomic E-state index is 9.08. The summed E-state index contributed by atoms with van der Waals surface area (Å²) >= 11 is 1.67. The molecule has 13 aromatic rings. The molecule has 4 aromatic heterocycles. The summed E-state index contributed by atoms with van der Waals surface area (Å²) in [6.45, 7) is 0. The van der Waals surface area contributed by atoms with Crippen molar-refractivity contribution in [3.63, 3.8) is 0 Å². The minimum atomic E-state index is -0.487. The van der Waals surface area contributed by atoms with E-state index in [1.807, 2.05) is 42.5 Å². The van der Waals surface area contributed by atoms with E-state index in [2.05, 4.69) is 149 Å². The van der Waals surface area contributed by atoms with Gasteiger partial charge in [0, 0.05) is 69.8 Å². The van der Waals surface area contributed by atoms with E-state index < -0.39 is 18.1 Å². The molecule has 13 rings (SSSR count). The maximum Gasteiger partial charge on any atom is 0.165 e. The monoisotopic (exact) mass is 826 g/mol. The van der Waals surface area contributed by atoms with E-state index >= 15 is 0 Å².